The van der Waals surface area contributed by atoms with Crippen LogP contribution in [0.4, 0.5) is 0 Å². The zero-order valence-electron chi connectivity index (χ0n) is 9.24. The van der Waals surface area contributed by atoms with Crippen LogP contribution in [0.2, 0.25) is 24.2 Å². The Hall–Kier alpha value is 0.177. The van der Waals surface area contributed by atoms with Gasteiger partial charge in [-0.15, -0.1) is 0 Å². The van der Waals surface area contributed by atoms with E-state index in [0.717, 1.165) is 6.61 Å². The third-order valence-electron chi connectivity index (χ3n) is 3.05. The largest absolute Gasteiger partial charge is 0.382 e. The summed E-state index contributed by atoms with van der Waals surface area (Å²) in [6.45, 7) is 17.0. The maximum atomic E-state index is 5.29. The normalized spacial score (nSPS) is 13.5. The van der Waals surface area contributed by atoms with E-state index >= 15 is 0 Å². The predicted molar refractivity (Wildman–Crippen MR) is 58.2 cm³/mol. The van der Waals surface area contributed by atoms with Crippen molar-refractivity contribution in [2.75, 3.05) is 13.2 Å². The van der Waals surface area contributed by atoms with Gasteiger partial charge in [0.2, 0.25) is 0 Å². The van der Waals surface area contributed by atoms with Gasteiger partial charge in [-0.25, -0.2) is 0 Å². The summed E-state index contributed by atoms with van der Waals surface area (Å²) in [7, 11) is -1.09. The fourth-order valence-corrected chi connectivity index (χ4v) is 2.21. The molecule has 0 saturated heterocycles. The molecule has 0 aromatic carbocycles. The van der Waals surface area contributed by atoms with Crippen molar-refractivity contribution in [2.45, 2.75) is 44.9 Å². The molecule has 0 aromatic heterocycles. The lowest BCUT2D eigenvalue weighted by atomic mass is 10.2. The summed E-state index contributed by atoms with van der Waals surface area (Å²) in [4.78, 5) is 0. The van der Waals surface area contributed by atoms with E-state index in [4.69, 9.17) is 4.74 Å². The first-order valence-corrected chi connectivity index (χ1v) is 7.89. The van der Waals surface area contributed by atoms with E-state index in [0.29, 0.717) is 11.6 Å². The molecule has 12 heavy (non-hydrogen) atoms. The quantitative estimate of drug-likeness (QED) is 0.484. The lowest BCUT2D eigenvalue weighted by Gasteiger charge is -2.36. The zero-order valence-corrected chi connectivity index (χ0v) is 10.2. The van der Waals surface area contributed by atoms with Crippen LogP contribution < -0.4 is 0 Å². The molecule has 0 heterocycles. The first-order chi connectivity index (χ1) is 5.31. The topological polar surface area (TPSA) is 9.23 Å². The van der Waals surface area contributed by atoms with Crippen LogP contribution in [0.3, 0.4) is 0 Å². The SMILES string of the molecule is [CH2]COCC[Si](C)(C)C(C)(C)C. The van der Waals surface area contributed by atoms with E-state index in [1.807, 2.05) is 0 Å². The minimum Gasteiger partial charge on any atom is -0.382 e. The van der Waals surface area contributed by atoms with Gasteiger partial charge in [0.25, 0.3) is 0 Å². The van der Waals surface area contributed by atoms with Gasteiger partial charge in [-0.3, -0.25) is 0 Å². The highest BCUT2D eigenvalue weighted by Gasteiger charge is 2.34. The molecule has 1 nitrogen and oxygen atoms in total. The molecule has 0 rings (SSSR count). The van der Waals surface area contributed by atoms with Gasteiger partial charge in [-0.05, 0) is 18.0 Å². The Labute approximate surface area is 78.5 Å². The van der Waals surface area contributed by atoms with Crippen LogP contribution in [-0.4, -0.2) is 21.3 Å². The number of ether oxygens (including phenoxy) is 1. The monoisotopic (exact) mass is 187 g/mol. The molecule has 0 amide bonds. The second-order valence-corrected chi connectivity index (χ2v) is 10.8. The van der Waals surface area contributed by atoms with Crippen molar-refractivity contribution in [3.05, 3.63) is 6.92 Å². The van der Waals surface area contributed by atoms with Gasteiger partial charge < -0.3 is 4.74 Å². The first kappa shape index (κ1) is 12.2. The van der Waals surface area contributed by atoms with Gasteiger partial charge in [0.05, 0.1) is 8.07 Å². The van der Waals surface area contributed by atoms with E-state index in [-0.39, 0.29) is 0 Å². The third-order valence-corrected chi connectivity index (χ3v) is 8.56. The Morgan fingerprint density at radius 2 is 1.75 bits per heavy atom. The summed E-state index contributed by atoms with van der Waals surface area (Å²) >= 11 is 0. The molecule has 0 aliphatic carbocycles. The molecule has 0 bridgehead atoms. The second kappa shape index (κ2) is 4.42. The Morgan fingerprint density at radius 1 is 1.25 bits per heavy atom. The Bertz CT molecular complexity index is 124. The summed E-state index contributed by atoms with van der Waals surface area (Å²) in [6.07, 6.45) is 0. The fourth-order valence-electron chi connectivity index (χ4n) is 0.804. The van der Waals surface area contributed by atoms with E-state index in [1.54, 1.807) is 0 Å². The summed E-state index contributed by atoms with van der Waals surface area (Å²) in [5, 5.41) is 0.484. The number of hydrogen-bond acceptors (Lipinski definition) is 1. The minimum absolute atomic E-state index is 0.484. The molecule has 1 radical (unpaired) electrons. The molecule has 2 heteroatoms. The fraction of sp³-hybridized carbons (Fsp3) is 0.900. The average molecular weight is 187 g/mol. The van der Waals surface area contributed by atoms with Crippen molar-refractivity contribution >= 4 is 8.07 Å². The Morgan fingerprint density at radius 3 is 2.08 bits per heavy atom. The third kappa shape index (κ3) is 3.72. The van der Waals surface area contributed by atoms with Crippen molar-refractivity contribution < 1.29 is 4.74 Å². The molecular formula is C10H23OSi. The molecule has 0 aliphatic rings. The van der Waals surface area contributed by atoms with Gasteiger partial charge in [0.15, 0.2) is 0 Å². The zero-order chi connectivity index (χ0) is 9.83. The molecule has 0 unspecified atom stereocenters. The van der Waals surface area contributed by atoms with Crippen LogP contribution in [0.5, 0.6) is 0 Å². The van der Waals surface area contributed by atoms with E-state index in [2.05, 4.69) is 40.8 Å². The Kier molecular flexibility index (Phi) is 4.49. The standard InChI is InChI=1S/C10H23OSi/c1-7-11-8-9-12(5,6)10(2,3)4/h1,7-9H2,2-6H3. The second-order valence-electron chi connectivity index (χ2n) is 5.00. The van der Waals surface area contributed by atoms with Crippen LogP contribution in [0.1, 0.15) is 20.8 Å². The molecule has 0 N–H and O–H groups in total. The molecule has 0 fully saturated rings. The van der Waals surface area contributed by atoms with Crippen LogP contribution in [-0.2, 0) is 4.74 Å². The van der Waals surface area contributed by atoms with E-state index in [1.165, 1.54) is 6.04 Å². The number of hydrogen-bond donors (Lipinski definition) is 0. The first-order valence-electron chi connectivity index (χ1n) is 4.68. The van der Waals surface area contributed by atoms with Crippen LogP contribution in [0.25, 0.3) is 0 Å². The smallest absolute Gasteiger partial charge is 0.0550 e. The molecular weight excluding hydrogens is 164 g/mol. The van der Waals surface area contributed by atoms with Crippen molar-refractivity contribution in [3.8, 4) is 0 Å². The predicted octanol–water partition coefficient (Wildman–Crippen LogP) is 3.35. The highest BCUT2D eigenvalue weighted by Crippen LogP contribution is 2.38. The van der Waals surface area contributed by atoms with Gasteiger partial charge >= 0.3 is 0 Å². The molecule has 0 aromatic rings. The Balaban J connectivity index is 3.88. The number of rotatable bonds is 4. The van der Waals surface area contributed by atoms with E-state index in [9.17, 15) is 0 Å². The maximum Gasteiger partial charge on any atom is 0.0550 e. The summed E-state index contributed by atoms with van der Waals surface area (Å²) in [5.41, 5.74) is 0. The summed E-state index contributed by atoms with van der Waals surface area (Å²) in [6, 6.07) is 1.24. The maximum absolute atomic E-state index is 5.29. The van der Waals surface area contributed by atoms with Gasteiger partial charge in [-0.2, -0.15) is 0 Å². The summed E-state index contributed by atoms with van der Waals surface area (Å²) in [5.74, 6) is 0. The van der Waals surface area contributed by atoms with Crippen LogP contribution in [0.15, 0.2) is 0 Å². The van der Waals surface area contributed by atoms with Gasteiger partial charge in [-0.1, -0.05) is 33.9 Å². The van der Waals surface area contributed by atoms with E-state index < -0.39 is 8.07 Å². The molecule has 0 atom stereocenters. The van der Waals surface area contributed by atoms with Crippen molar-refractivity contribution in [3.63, 3.8) is 0 Å². The van der Waals surface area contributed by atoms with Gasteiger partial charge in [0.1, 0.15) is 0 Å². The average Bonchev–Trinajstić information content (AvgIpc) is 1.85. The van der Waals surface area contributed by atoms with Gasteiger partial charge in [0, 0.05) is 13.2 Å². The van der Waals surface area contributed by atoms with Crippen molar-refractivity contribution in [1.29, 1.82) is 0 Å². The minimum atomic E-state index is -1.09. The van der Waals surface area contributed by atoms with Crippen LogP contribution >= 0.6 is 0 Å². The highest BCUT2D eigenvalue weighted by atomic mass is 28.3. The lowest BCUT2D eigenvalue weighted by molar-refractivity contribution is 0.174. The molecule has 0 aliphatic heterocycles. The molecule has 0 saturated carbocycles. The highest BCUT2D eigenvalue weighted by molar-refractivity contribution is 6.80. The van der Waals surface area contributed by atoms with Crippen molar-refractivity contribution in [1.82, 2.24) is 0 Å². The molecule has 0 spiro atoms. The molecule has 73 valence electrons. The van der Waals surface area contributed by atoms with Crippen molar-refractivity contribution in [2.24, 2.45) is 0 Å². The van der Waals surface area contributed by atoms with Crippen LogP contribution in [0, 0.1) is 6.92 Å². The lowest BCUT2D eigenvalue weighted by Crippen LogP contribution is -2.37. The summed E-state index contributed by atoms with van der Waals surface area (Å²) < 4.78 is 5.29.